The van der Waals surface area contributed by atoms with E-state index in [9.17, 15) is 5.11 Å². The lowest BCUT2D eigenvalue weighted by atomic mass is 10.0. The van der Waals surface area contributed by atoms with Crippen molar-refractivity contribution in [1.29, 1.82) is 0 Å². The van der Waals surface area contributed by atoms with Gasteiger partial charge in [0.05, 0.1) is 12.7 Å². The minimum absolute atomic E-state index is 0.190. The molecular weight excluding hydrogens is 166 g/mol. The summed E-state index contributed by atoms with van der Waals surface area (Å²) in [5, 5.41) is 12.6. The second-order valence-corrected chi connectivity index (χ2v) is 3.80. The molecule has 0 aromatic heterocycles. The number of aliphatic hydroxyl groups excluding tert-OH is 1. The zero-order chi connectivity index (χ0) is 9.52. The van der Waals surface area contributed by atoms with Gasteiger partial charge >= 0.3 is 0 Å². The molecule has 13 heavy (non-hydrogen) atoms. The van der Waals surface area contributed by atoms with E-state index < -0.39 is 0 Å². The Morgan fingerprint density at radius 2 is 2.46 bits per heavy atom. The van der Waals surface area contributed by atoms with E-state index in [1.807, 2.05) is 6.92 Å². The number of nitrogens with one attached hydrogen (secondary N) is 1. The Labute approximate surface area is 80.5 Å². The largest absolute Gasteiger partial charge is 0.392 e. The van der Waals surface area contributed by atoms with Crippen molar-refractivity contribution < 1.29 is 9.84 Å². The van der Waals surface area contributed by atoms with Gasteiger partial charge in [0, 0.05) is 19.7 Å². The van der Waals surface area contributed by atoms with E-state index in [0.29, 0.717) is 12.5 Å². The highest BCUT2D eigenvalue weighted by atomic mass is 16.5. The molecule has 1 fully saturated rings. The SMILES string of the molecule is CCC(O)CNCC1CCCOC1. The fourth-order valence-corrected chi connectivity index (χ4v) is 1.57. The molecule has 0 aromatic rings. The molecule has 1 heterocycles. The first-order valence-corrected chi connectivity index (χ1v) is 5.29. The van der Waals surface area contributed by atoms with Crippen LogP contribution in [0.3, 0.4) is 0 Å². The van der Waals surface area contributed by atoms with Crippen molar-refractivity contribution in [2.75, 3.05) is 26.3 Å². The van der Waals surface area contributed by atoms with Crippen molar-refractivity contribution in [3.05, 3.63) is 0 Å². The van der Waals surface area contributed by atoms with Gasteiger partial charge in [0.2, 0.25) is 0 Å². The van der Waals surface area contributed by atoms with Crippen LogP contribution in [-0.4, -0.2) is 37.5 Å². The third-order valence-corrected chi connectivity index (χ3v) is 2.54. The van der Waals surface area contributed by atoms with Crippen LogP contribution in [0.5, 0.6) is 0 Å². The fourth-order valence-electron chi connectivity index (χ4n) is 1.57. The van der Waals surface area contributed by atoms with Crippen molar-refractivity contribution in [2.24, 2.45) is 5.92 Å². The summed E-state index contributed by atoms with van der Waals surface area (Å²) >= 11 is 0. The van der Waals surface area contributed by atoms with Crippen molar-refractivity contribution in [1.82, 2.24) is 5.32 Å². The minimum atomic E-state index is -0.190. The number of rotatable bonds is 5. The van der Waals surface area contributed by atoms with E-state index in [2.05, 4.69) is 5.32 Å². The molecule has 0 saturated carbocycles. The van der Waals surface area contributed by atoms with Gasteiger partial charge in [-0.2, -0.15) is 0 Å². The van der Waals surface area contributed by atoms with E-state index in [0.717, 1.165) is 26.2 Å². The molecular formula is C10H21NO2. The topological polar surface area (TPSA) is 41.5 Å². The second-order valence-electron chi connectivity index (χ2n) is 3.80. The molecule has 0 radical (unpaired) electrons. The van der Waals surface area contributed by atoms with Gasteiger partial charge in [0.15, 0.2) is 0 Å². The number of hydrogen-bond acceptors (Lipinski definition) is 3. The van der Waals surface area contributed by atoms with Gasteiger partial charge < -0.3 is 15.2 Å². The standard InChI is InChI=1S/C10H21NO2/c1-2-10(12)7-11-6-9-4-3-5-13-8-9/h9-12H,2-8H2,1H3. The van der Waals surface area contributed by atoms with Gasteiger partial charge in [0.1, 0.15) is 0 Å². The average Bonchev–Trinajstić information content (AvgIpc) is 2.19. The predicted molar refractivity (Wildman–Crippen MR) is 52.7 cm³/mol. The molecule has 3 heteroatoms. The molecule has 0 aromatic carbocycles. The Hall–Kier alpha value is -0.120. The van der Waals surface area contributed by atoms with Crippen LogP contribution in [0.4, 0.5) is 0 Å². The Morgan fingerprint density at radius 1 is 1.62 bits per heavy atom. The van der Waals surface area contributed by atoms with Gasteiger partial charge in [-0.3, -0.25) is 0 Å². The van der Waals surface area contributed by atoms with Crippen LogP contribution >= 0.6 is 0 Å². The monoisotopic (exact) mass is 187 g/mol. The van der Waals surface area contributed by atoms with Crippen LogP contribution in [0.2, 0.25) is 0 Å². The molecule has 0 bridgehead atoms. The first kappa shape index (κ1) is 11.0. The lowest BCUT2D eigenvalue weighted by Gasteiger charge is -2.22. The van der Waals surface area contributed by atoms with Crippen LogP contribution in [-0.2, 0) is 4.74 Å². The van der Waals surface area contributed by atoms with Gasteiger partial charge in [-0.25, -0.2) is 0 Å². The van der Waals surface area contributed by atoms with Crippen LogP contribution in [0, 0.1) is 5.92 Å². The number of hydrogen-bond donors (Lipinski definition) is 2. The Kier molecular flexibility index (Phi) is 5.35. The highest BCUT2D eigenvalue weighted by Crippen LogP contribution is 2.11. The third kappa shape index (κ3) is 4.60. The fraction of sp³-hybridized carbons (Fsp3) is 1.00. The van der Waals surface area contributed by atoms with Crippen LogP contribution in [0.25, 0.3) is 0 Å². The lowest BCUT2D eigenvalue weighted by molar-refractivity contribution is 0.0532. The summed E-state index contributed by atoms with van der Waals surface area (Å²) in [6.07, 6.45) is 3.08. The molecule has 2 unspecified atom stereocenters. The van der Waals surface area contributed by atoms with Crippen molar-refractivity contribution in [2.45, 2.75) is 32.3 Å². The molecule has 0 amide bonds. The molecule has 2 N–H and O–H groups in total. The third-order valence-electron chi connectivity index (χ3n) is 2.54. The molecule has 1 aliphatic rings. The zero-order valence-corrected chi connectivity index (χ0v) is 8.46. The summed E-state index contributed by atoms with van der Waals surface area (Å²) in [7, 11) is 0. The highest BCUT2D eigenvalue weighted by Gasteiger charge is 2.13. The van der Waals surface area contributed by atoms with Gasteiger partial charge in [0.25, 0.3) is 0 Å². The molecule has 1 rings (SSSR count). The number of aliphatic hydroxyl groups is 1. The maximum atomic E-state index is 9.29. The van der Waals surface area contributed by atoms with E-state index in [1.165, 1.54) is 12.8 Å². The Morgan fingerprint density at radius 3 is 3.08 bits per heavy atom. The summed E-state index contributed by atoms with van der Waals surface area (Å²) in [6.45, 7) is 5.50. The van der Waals surface area contributed by atoms with E-state index in [1.54, 1.807) is 0 Å². The Bertz CT molecular complexity index is 124. The molecule has 3 nitrogen and oxygen atoms in total. The molecule has 0 spiro atoms. The van der Waals surface area contributed by atoms with Gasteiger partial charge in [-0.05, 0) is 25.2 Å². The minimum Gasteiger partial charge on any atom is -0.392 e. The second kappa shape index (κ2) is 6.35. The smallest absolute Gasteiger partial charge is 0.0662 e. The molecule has 2 atom stereocenters. The van der Waals surface area contributed by atoms with Crippen molar-refractivity contribution >= 4 is 0 Å². The van der Waals surface area contributed by atoms with Gasteiger partial charge in [-0.1, -0.05) is 6.92 Å². The molecule has 1 saturated heterocycles. The first-order valence-electron chi connectivity index (χ1n) is 5.29. The normalized spacial score (nSPS) is 25.8. The Balaban J connectivity index is 1.98. The van der Waals surface area contributed by atoms with Crippen LogP contribution in [0.15, 0.2) is 0 Å². The van der Waals surface area contributed by atoms with E-state index >= 15 is 0 Å². The zero-order valence-electron chi connectivity index (χ0n) is 8.46. The van der Waals surface area contributed by atoms with Crippen molar-refractivity contribution in [3.63, 3.8) is 0 Å². The maximum absolute atomic E-state index is 9.29. The number of ether oxygens (including phenoxy) is 1. The molecule has 0 aliphatic carbocycles. The summed E-state index contributed by atoms with van der Waals surface area (Å²) < 4.78 is 5.36. The predicted octanol–water partition coefficient (Wildman–Crippen LogP) is 0.773. The van der Waals surface area contributed by atoms with Crippen molar-refractivity contribution in [3.8, 4) is 0 Å². The maximum Gasteiger partial charge on any atom is 0.0662 e. The first-order chi connectivity index (χ1) is 6.33. The van der Waals surface area contributed by atoms with Gasteiger partial charge in [-0.15, -0.1) is 0 Å². The summed E-state index contributed by atoms with van der Waals surface area (Å²) in [5.41, 5.74) is 0. The average molecular weight is 187 g/mol. The van der Waals surface area contributed by atoms with E-state index in [4.69, 9.17) is 4.74 Å². The summed E-state index contributed by atoms with van der Waals surface area (Å²) in [5.74, 6) is 0.651. The lowest BCUT2D eigenvalue weighted by Crippen LogP contribution is -2.33. The highest BCUT2D eigenvalue weighted by molar-refractivity contribution is 4.67. The summed E-state index contributed by atoms with van der Waals surface area (Å²) in [4.78, 5) is 0. The van der Waals surface area contributed by atoms with E-state index in [-0.39, 0.29) is 6.10 Å². The van der Waals surface area contributed by atoms with Crippen LogP contribution in [0.1, 0.15) is 26.2 Å². The molecule has 1 aliphatic heterocycles. The van der Waals surface area contributed by atoms with Crippen LogP contribution < -0.4 is 5.32 Å². The quantitative estimate of drug-likeness (QED) is 0.668. The summed E-state index contributed by atoms with van der Waals surface area (Å²) in [6, 6.07) is 0. The molecule has 78 valence electrons.